The van der Waals surface area contributed by atoms with Gasteiger partial charge in [-0.25, -0.2) is 0 Å². The maximum absolute atomic E-state index is 10.5. The van der Waals surface area contributed by atoms with Crippen LogP contribution >= 0.6 is 0 Å². The van der Waals surface area contributed by atoms with Crippen molar-refractivity contribution in [3.05, 3.63) is 53.9 Å². The molecule has 2 heterocycles. The lowest BCUT2D eigenvalue weighted by atomic mass is 9.85. The van der Waals surface area contributed by atoms with Crippen molar-refractivity contribution in [3.63, 3.8) is 0 Å². The third kappa shape index (κ3) is 4.93. The highest BCUT2D eigenvalue weighted by molar-refractivity contribution is 5.16. The van der Waals surface area contributed by atoms with E-state index in [0.717, 1.165) is 13.1 Å². The van der Waals surface area contributed by atoms with E-state index >= 15 is 0 Å². The summed E-state index contributed by atoms with van der Waals surface area (Å²) in [5, 5.41) is 14.8. The van der Waals surface area contributed by atoms with Crippen molar-refractivity contribution in [1.82, 2.24) is 19.6 Å². The first-order valence-electron chi connectivity index (χ1n) is 9.62. The van der Waals surface area contributed by atoms with Gasteiger partial charge < -0.3 is 10.0 Å². The number of aliphatic hydroxyl groups is 1. The highest BCUT2D eigenvalue weighted by atomic mass is 16.3. The molecule has 1 aliphatic rings. The molecule has 2 aromatic rings. The summed E-state index contributed by atoms with van der Waals surface area (Å²) in [5.41, 5.74) is 2.50. The Morgan fingerprint density at radius 3 is 2.73 bits per heavy atom. The summed E-state index contributed by atoms with van der Waals surface area (Å²) in [4.78, 5) is 4.75. The lowest BCUT2D eigenvalue weighted by Crippen LogP contribution is -2.42. The average Bonchev–Trinajstić information content (AvgIpc) is 3.01. The van der Waals surface area contributed by atoms with Crippen LogP contribution in [-0.2, 0) is 13.5 Å². The molecule has 0 amide bonds. The fraction of sp³-hybridized carbons (Fsp3) is 0.571. The lowest BCUT2D eigenvalue weighted by Gasteiger charge is -2.40. The minimum Gasteiger partial charge on any atom is -0.391 e. The van der Waals surface area contributed by atoms with Gasteiger partial charge in [-0.3, -0.25) is 9.58 Å². The van der Waals surface area contributed by atoms with Crippen molar-refractivity contribution >= 4 is 0 Å². The van der Waals surface area contributed by atoms with E-state index < -0.39 is 0 Å². The second-order valence-corrected chi connectivity index (χ2v) is 7.84. The van der Waals surface area contributed by atoms with Crippen LogP contribution in [0.25, 0.3) is 0 Å². The number of nitrogens with zero attached hydrogens (tertiary/aromatic N) is 4. The summed E-state index contributed by atoms with van der Waals surface area (Å²) in [7, 11) is 6.32. The molecule has 0 spiro atoms. The van der Waals surface area contributed by atoms with E-state index in [2.05, 4.69) is 47.3 Å². The average molecular weight is 357 g/mol. The first-order valence-corrected chi connectivity index (χ1v) is 9.62. The van der Waals surface area contributed by atoms with E-state index in [0.29, 0.717) is 24.9 Å². The number of benzene rings is 1. The van der Waals surface area contributed by atoms with Crippen molar-refractivity contribution in [2.24, 2.45) is 13.0 Å². The van der Waals surface area contributed by atoms with Gasteiger partial charge in [0.1, 0.15) is 0 Å². The maximum Gasteiger partial charge on any atom is 0.0707 e. The summed E-state index contributed by atoms with van der Waals surface area (Å²) >= 11 is 0. The number of aromatic nitrogens is 2. The van der Waals surface area contributed by atoms with Gasteiger partial charge in [-0.05, 0) is 51.4 Å². The van der Waals surface area contributed by atoms with Gasteiger partial charge in [0.15, 0.2) is 0 Å². The predicted octanol–water partition coefficient (Wildman–Crippen LogP) is 2.34. The second kappa shape index (κ2) is 8.80. The molecule has 0 bridgehead atoms. The van der Waals surface area contributed by atoms with E-state index in [1.54, 1.807) is 0 Å². The van der Waals surface area contributed by atoms with E-state index in [9.17, 15) is 5.11 Å². The highest BCUT2D eigenvalue weighted by Crippen LogP contribution is 2.35. The van der Waals surface area contributed by atoms with Crippen molar-refractivity contribution in [3.8, 4) is 0 Å². The number of aliphatic hydroxyl groups excluding tert-OH is 1. The molecule has 1 N–H and O–H groups in total. The third-order valence-corrected chi connectivity index (χ3v) is 5.46. The number of rotatable bonds is 7. The normalized spacial score (nSPS) is 22.7. The summed E-state index contributed by atoms with van der Waals surface area (Å²) in [6.07, 6.45) is 6.98. The van der Waals surface area contributed by atoms with Gasteiger partial charge in [0.05, 0.1) is 12.3 Å². The van der Waals surface area contributed by atoms with Crippen LogP contribution in [0.1, 0.15) is 30.0 Å². The van der Waals surface area contributed by atoms with Crippen LogP contribution in [0.15, 0.2) is 42.7 Å². The Morgan fingerprint density at radius 1 is 1.27 bits per heavy atom. The summed E-state index contributed by atoms with van der Waals surface area (Å²) in [6.45, 7) is 2.83. The van der Waals surface area contributed by atoms with E-state index in [-0.39, 0.29) is 6.10 Å². The fourth-order valence-electron chi connectivity index (χ4n) is 4.36. The van der Waals surface area contributed by atoms with Crippen LogP contribution in [0.2, 0.25) is 0 Å². The summed E-state index contributed by atoms with van der Waals surface area (Å²) < 4.78 is 1.89. The zero-order chi connectivity index (χ0) is 18.5. The van der Waals surface area contributed by atoms with Gasteiger partial charge in [-0.2, -0.15) is 5.10 Å². The monoisotopic (exact) mass is 356 g/mol. The lowest BCUT2D eigenvalue weighted by molar-refractivity contribution is 0.0713. The van der Waals surface area contributed by atoms with Gasteiger partial charge >= 0.3 is 0 Å². The molecule has 3 atom stereocenters. The van der Waals surface area contributed by atoms with Crippen LogP contribution in [0.4, 0.5) is 0 Å². The largest absolute Gasteiger partial charge is 0.391 e. The van der Waals surface area contributed by atoms with E-state index in [1.165, 1.54) is 24.0 Å². The number of hydrogen-bond donors (Lipinski definition) is 1. The Balaban J connectivity index is 1.58. The molecule has 26 heavy (non-hydrogen) atoms. The van der Waals surface area contributed by atoms with Crippen LogP contribution in [0.3, 0.4) is 0 Å². The van der Waals surface area contributed by atoms with Gasteiger partial charge in [0, 0.05) is 37.9 Å². The number of likely N-dealkylation sites (tertiary alicyclic amines) is 1. The molecule has 0 radical (unpaired) electrons. The molecule has 142 valence electrons. The van der Waals surface area contributed by atoms with Gasteiger partial charge in [0.25, 0.3) is 0 Å². The molecule has 5 nitrogen and oxygen atoms in total. The Kier molecular flexibility index (Phi) is 6.46. The molecule has 1 aliphatic heterocycles. The van der Waals surface area contributed by atoms with Gasteiger partial charge in [-0.1, -0.05) is 30.3 Å². The number of piperidine rings is 1. The van der Waals surface area contributed by atoms with Crippen molar-refractivity contribution in [2.45, 2.75) is 31.4 Å². The van der Waals surface area contributed by atoms with Crippen LogP contribution in [0.5, 0.6) is 0 Å². The number of aryl methyl sites for hydroxylation is 1. The van der Waals surface area contributed by atoms with E-state index in [1.807, 2.05) is 36.1 Å². The molecule has 0 saturated carbocycles. The fourth-order valence-corrected chi connectivity index (χ4v) is 4.36. The molecule has 0 unspecified atom stereocenters. The second-order valence-electron chi connectivity index (χ2n) is 7.84. The van der Waals surface area contributed by atoms with Crippen molar-refractivity contribution < 1.29 is 5.11 Å². The standard InChI is InChI=1S/C21H32N4O/c1-23(16-20(26)12-17-8-5-4-6-9-17)14-18-10-7-11-24(2)21(18)19-13-22-25(3)15-19/h4-6,8-9,13,15,18,20-21,26H,7,10-12,14,16H2,1-3H3/t18-,20-,21+/m0/s1. The van der Waals surface area contributed by atoms with Crippen molar-refractivity contribution in [1.29, 1.82) is 0 Å². The molecule has 3 rings (SSSR count). The molecular weight excluding hydrogens is 324 g/mol. The first-order chi connectivity index (χ1) is 12.5. The Labute approximate surface area is 157 Å². The molecule has 1 aromatic heterocycles. The molecule has 1 saturated heterocycles. The summed E-state index contributed by atoms with van der Waals surface area (Å²) in [5.74, 6) is 0.562. The van der Waals surface area contributed by atoms with Gasteiger partial charge in [-0.15, -0.1) is 0 Å². The molecular formula is C21H32N4O. The Morgan fingerprint density at radius 2 is 2.04 bits per heavy atom. The molecule has 1 aromatic carbocycles. The van der Waals surface area contributed by atoms with Crippen LogP contribution in [0, 0.1) is 5.92 Å². The van der Waals surface area contributed by atoms with Crippen molar-refractivity contribution in [2.75, 3.05) is 33.7 Å². The zero-order valence-corrected chi connectivity index (χ0v) is 16.3. The third-order valence-electron chi connectivity index (χ3n) is 5.46. The summed E-state index contributed by atoms with van der Waals surface area (Å²) in [6, 6.07) is 10.6. The predicted molar refractivity (Wildman–Crippen MR) is 105 cm³/mol. The smallest absolute Gasteiger partial charge is 0.0707 e. The minimum atomic E-state index is -0.333. The zero-order valence-electron chi connectivity index (χ0n) is 16.3. The molecule has 0 aliphatic carbocycles. The SMILES string of the molecule is CN(C[C@@H](O)Cc1ccccc1)C[C@@H]1CCCN(C)[C@H]1c1cnn(C)c1. The maximum atomic E-state index is 10.5. The van der Waals surface area contributed by atoms with Crippen LogP contribution in [-0.4, -0.2) is 64.5 Å². The highest BCUT2D eigenvalue weighted by Gasteiger charge is 2.32. The molecule has 1 fully saturated rings. The topological polar surface area (TPSA) is 44.5 Å². The van der Waals surface area contributed by atoms with Gasteiger partial charge in [0.2, 0.25) is 0 Å². The van der Waals surface area contributed by atoms with Crippen LogP contribution < -0.4 is 0 Å². The quantitative estimate of drug-likeness (QED) is 0.827. The van der Waals surface area contributed by atoms with E-state index in [4.69, 9.17) is 0 Å². The first kappa shape index (κ1) is 19.1. The number of hydrogen-bond acceptors (Lipinski definition) is 4. The Bertz CT molecular complexity index is 672. The minimum absolute atomic E-state index is 0.333. The Hall–Kier alpha value is -1.69. The molecule has 5 heteroatoms. The number of likely N-dealkylation sites (N-methyl/N-ethyl adjacent to an activating group) is 1.